The molecule has 8 heteroatoms. The van der Waals surface area contributed by atoms with Crippen molar-refractivity contribution in [1.82, 2.24) is 20.4 Å². The van der Waals surface area contributed by atoms with E-state index in [4.69, 9.17) is 9.47 Å². The molecule has 3 rings (SSSR count). The second kappa shape index (κ2) is 7.22. The molecule has 1 N–H and O–H groups in total. The van der Waals surface area contributed by atoms with Gasteiger partial charge in [-0.3, -0.25) is 4.79 Å². The molecule has 28 heavy (non-hydrogen) atoms. The quantitative estimate of drug-likeness (QED) is 0.828. The maximum absolute atomic E-state index is 12.7. The number of rotatable bonds is 5. The van der Waals surface area contributed by atoms with Crippen molar-refractivity contribution in [3.63, 3.8) is 0 Å². The number of piperidine rings is 1. The molecule has 1 aromatic rings. The van der Waals surface area contributed by atoms with Crippen molar-refractivity contribution in [2.45, 2.75) is 52.7 Å². The molecule has 2 amide bonds. The average Bonchev–Trinajstić information content (AvgIpc) is 3.07. The largest absolute Gasteiger partial charge is 0.474 e. The Bertz CT molecular complexity index is 747. The van der Waals surface area contributed by atoms with Crippen LogP contribution in [0.2, 0.25) is 0 Å². The summed E-state index contributed by atoms with van der Waals surface area (Å²) in [5.74, 6) is 0.874. The van der Waals surface area contributed by atoms with E-state index in [1.807, 2.05) is 47.6 Å². The molecule has 0 bridgehead atoms. The summed E-state index contributed by atoms with van der Waals surface area (Å²) in [5, 5.41) is 10.9. The molecule has 154 valence electrons. The van der Waals surface area contributed by atoms with Gasteiger partial charge in [0.25, 0.3) is 0 Å². The van der Waals surface area contributed by atoms with E-state index in [0.717, 1.165) is 5.56 Å². The third-order valence-electron chi connectivity index (χ3n) is 5.06. The van der Waals surface area contributed by atoms with Crippen LogP contribution in [0.3, 0.4) is 0 Å². The molecule has 1 aliphatic carbocycles. The van der Waals surface area contributed by atoms with Crippen LogP contribution in [0.4, 0.5) is 4.79 Å². The van der Waals surface area contributed by atoms with E-state index in [1.165, 1.54) is 0 Å². The number of aromatic nitrogens is 2. The number of aryl methyl sites for hydroxylation is 1. The van der Waals surface area contributed by atoms with Crippen LogP contribution in [-0.4, -0.2) is 57.9 Å². The minimum atomic E-state index is -0.539. The average molecular weight is 390 g/mol. The summed E-state index contributed by atoms with van der Waals surface area (Å²) in [6.07, 6.45) is 1.31. The Kier molecular flexibility index (Phi) is 5.25. The molecule has 8 nitrogen and oxygen atoms in total. The van der Waals surface area contributed by atoms with Crippen molar-refractivity contribution in [1.29, 1.82) is 0 Å². The van der Waals surface area contributed by atoms with Crippen molar-refractivity contribution in [2.75, 3.05) is 19.7 Å². The van der Waals surface area contributed by atoms with E-state index in [1.54, 1.807) is 11.1 Å². The summed E-state index contributed by atoms with van der Waals surface area (Å²) in [6, 6.07) is 1.83. The van der Waals surface area contributed by atoms with Gasteiger partial charge in [0.1, 0.15) is 12.2 Å². The lowest BCUT2D eigenvalue weighted by atomic mass is 10.1. The van der Waals surface area contributed by atoms with Gasteiger partial charge in [0.2, 0.25) is 11.8 Å². The van der Waals surface area contributed by atoms with Gasteiger partial charge in [0, 0.05) is 24.6 Å². The fourth-order valence-corrected chi connectivity index (χ4v) is 3.62. The van der Waals surface area contributed by atoms with Gasteiger partial charge in [-0.25, -0.2) is 4.79 Å². The molecule has 1 saturated carbocycles. The van der Waals surface area contributed by atoms with Crippen LogP contribution in [0.5, 0.6) is 5.88 Å². The molecule has 2 heterocycles. The van der Waals surface area contributed by atoms with E-state index < -0.39 is 11.1 Å². The number of ether oxygens (including phenoxy) is 2. The number of nitrogens with zero attached hydrogens (tertiary/aromatic N) is 3. The number of amides is 2. The van der Waals surface area contributed by atoms with Gasteiger partial charge in [-0.05, 0) is 59.4 Å². The van der Waals surface area contributed by atoms with Crippen molar-refractivity contribution in [3.8, 4) is 5.88 Å². The van der Waals surface area contributed by atoms with Crippen molar-refractivity contribution >= 4 is 12.0 Å². The van der Waals surface area contributed by atoms with Gasteiger partial charge in [-0.15, -0.1) is 5.10 Å². The zero-order valence-corrected chi connectivity index (χ0v) is 17.5. The highest BCUT2D eigenvalue weighted by molar-refractivity contribution is 5.84. The van der Waals surface area contributed by atoms with Crippen LogP contribution >= 0.6 is 0 Å². The van der Waals surface area contributed by atoms with Gasteiger partial charge in [0.05, 0.1) is 11.7 Å². The Labute approximate surface area is 166 Å². The molecule has 2 fully saturated rings. The highest BCUT2D eigenvalue weighted by Gasteiger charge is 2.61. The van der Waals surface area contributed by atoms with E-state index in [9.17, 15) is 9.59 Å². The number of likely N-dealkylation sites (tertiary alicyclic amines) is 1. The fraction of sp³-hybridized carbons (Fsp3) is 0.700. The van der Waals surface area contributed by atoms with Crippen LogP contribution in [-0.2, 0) is 9.53 Å². The van der Waals surface area contributed by atoms with E-state index in [0.29, 0.717) is 25.6 Å². The Balaban J connectivity index is 1.46. The summed E-state index contributed by atoms with van der Waals surface area (Å²) in [6.45, 7) is 12.7. The van der Waals surface area contributed by atoms with Crippen molar-refractivity contribution in [3.05, 3.63) is 17.8 Å². The fourth-order valence-electron chi connectivity index (χ4n) is 3.62. The van der Waals surface area contributed by atoms with E-state index in [2.05, 4.69) is 15.5 Å². The number of hydrogen-bond acceptors (Lipinski definition) is 6. The van der Waals surface area contributed by atoms with Gasteiger partial charge in [-0.1, -0.05) is 0 Å². The minimum absolute atomic E-state index is 0.0170. The Morgan fingerprint density at radius 2 is 1.86 bits per heavy atom. The first-order valence-electron chi connectivity index (χ1n) is 9.68. The molecule has 3 atom stereocenters. The lowest BCUT2D eigenvalue weighted by Crippen LogP contribution is -2.49. The first kappa shape index (κ1) is 20.4. The molecule has 1 saturated heterocycles. The normalized spacial score (nSPS) is 23.8. The number of nitrogens with one attached hydrogen (secondary N) is 1. The molecular formula is C20H30N4O4. The SMILES string of the molecule is Cc1ccnnc1OCC(C)(C)NC(=O)[C@H]1[C@@H]2CN(C(=O)OC(C)(C)C)C[C@@H]21. The Hall–Kier alpha value is -2.38. The van der Waals surface area contributed by atoms with Crippen LogP contribution in [0.1, 0.15) is 40.2 Å². The van der Waals surface area contributed by atoms with Crippen LogP contribution < -0.4 is 10.1 Å². The molecule has 0 spiro atoms. The predicted octanol–water partition coefficient (Wildman–Crippen LogP) is 2.17. The van der Waals surface area contributed by atoms with Gasteiger partial charge in [-0.2, -0.15) is 5.10 Å². The second-order valence-corrected chi connectivity index (χ2v) is 9.42. The summed E-state index contributed by atoms with van der Waals surface area (Å²) >= 11 is 0. The summed E-state index contributed by atoms with van der Waals surface area (Å²) < 4.78 is 11.1. The first-order chi connectivity index (χ1) is 13.0. The predicted molar refractivity (Wildman–Crippen MR) is 103 cm³/mol. The lowest BCUT2D eigenvalue weighted by molar-refractivity contribution is -0.125. The smallest absolute Gasteiger partial charge is 0.410 e. The highest BCUT2D eigenvalue weighted by atomic mass is 16.6. The topological polar surface area (TPSA) is 93.7 Å². The number of carbonyl (C=O) groups is 2. The van der Waals surface area contributed by atoms with Crippen LogP contribution in [0.25, 0.3) is 0 Å². The third-order valence-corrected chi connectivity index (χ3v) is 5.06. The van der Waals surface area contributed by atoms with Crippen LogP contribution in [0.15, 0.2) is 12.3 Å². The number of fused-ring (bicyclic) bond motifs is 1. The zero-order chi connectivity index (χ0) is 20.7. The minimum Gasteiger partial charge on any atom is -0.474 e. The molecule has 0 unspecified atom stereocenters. The standard InChI is InChI=1S/C20H30N4O4/c1-12-7-8-21-23-17(12)27-11-20(5,6)22-16(25)15-13-9-24(10-14(13)15)18(26)28-19(2,3)4/h7-8,13-15H,9-11H2,1-6H3,(H,22,25)/t13-,14+,15+. The Morgan fingerprint density at radius 3 is 2.43 bits per heavy atom. The first-order valence-corrected chi connectivity index (χ1v) is 9.68. The summed E-state index contributed by atoms with van der Waals surface area (Å²) in [7, 11) is 0. The summed E-state index contributed by atoms with van der Waals surface area (Å²) in [4.78, 5) is 26.5. The van der Waals surface area contributed by atoms with E-state index in [-0.39, 0.29) is 29.8 Å². The number of hydrogen-bond donors (Lipinski definition) is 1. The maximum Gasteiger partial charge on any atom is 0.410 e. The molecule has 2 aliphatic rings. The van der Waals surface area contributed by atoms with Gasteiger partial charge in [0.15, 0.2) is 0 Å². The summed E-state index contributed by atoms with van der Waals surface area (Å²) in [5.41, 5.74) is -0.148. The monoisotopic (exact) mass is 390 g/mol. The molecule has 0 radical (unpaired) electrons. The van der Waals surface area contributed by atoms with Gasteiger partial charge >= 0.3 is 6.09 Å². The highest BCUT2D eigenvalue weighted by Crippen LogP contribution is 2.52. The molecule has 1 aromatic heterocycles. The second-order valence-electron chi connectivity index (χ2n) is 9.42. The van der Waals surface area contributed by atoms with Crippen molar-refractivity contribution < 1.29 is 19.1 Å². The molecule has 0 aromatic carbocycles. The van der Waals surface area contributed by atoms with Crippen LogP contribution in [0, 0.1) is 24.7 Å². The molecule has 1 aliphatic heterocycles. The lowest BCUT2D eigenvalue weighted by Gasteiger charge is -2.28. The van der Waals surface area contributed by atoms with Crippen molar-refractivity contribution in [2.24, 2.45) is 17.8 Å². The zero-order valence-electron chi connectivity index (χ0n) is 17.5. The third kappa shape index (κ3) is 4.72. The number of carbonyl (C=O) groups excluding carboxylic acids is 2. The Morgan fingerprint density at radius 1 is 1.21 bits per heavy atom. The maximum atomic E-state index is 12.7. The molecular weight excluding hydrogens is 360 g/mol. The van der Waals surface area contributed by atoms with Gasteiger partial charge < -0.3 is 19.7 Å². The van der Waals surface area contributed by atoms with E-state index >= 15 is 0 Å².